The van der Waals surface area contributed by atoms with E-state index in [1.807, 2.05) is 4.90 Å². The van der Waals surface area contributed by atoms with Crippen LogP contribution in [0.15, 0.2) is 24.3 Å². The number of nitrogens with one attached hydrogen (secondary N) is 1. The summed E-state index contributed by atoms with van der Waals surface area (Å²) < 4.78 is 0. The Morgan fingerprint density at radius 3 is 2.55 bits per heavy atom. The van der Waals surface area contributed by atoms with E-state index >= 15 is 0 Å². The van der Waals surface area contributed by atoms with E-state index in [0.29, 0.717) is 18.0 Å². The topological polar surface area (TPSA) is 32.3 Å². The van der Waals surface area contributed by atoms with Gasteiger partial charge < -0.3 is 10.2 Å². The van der Waals surface area contributed by atoms with Gasteiger partial charge >= 0.3 is 0 Å². The van der Waals surface area contributed by atoms with Crippen molar-refractivity contribution in [1.82, 2.24) is 10.2 Å². The van der Waals surface area contributed by atoms with Gasteiger partial charge in [0.1, 0.15) is 0 Å². The Morgan fingerprint density at radius 1 is 1.30 bits per heavy atom. The minimum absolute atomic E-state index is 0.307. The number of likely N-dealkylation sites (tertiary alicyclic amines) is 1. The molecule has 1 aromatic rings. The molecule has 0 bridgehead atoms. The summed E-state index contributed by atoms with van der Waals surface area (Å²) in [7, 11) is 0. The average molecular weight is 274 g/mol. The fraction of sp³-hybridized carbons (Fsp3) is 0.588. The standard InChI is InChI=1S/C17H26N2O/c1-4-16(15-9-7-13(2)8-10-15)18-14(3)12-19-11-5-6-17(19)20/h7-10,14,16,18H,4-6,11-12H2,1-3H3. The second kappa shape index (κ2) is 6.89. The molecule has 0 aromatic heterocycles. The zero-order valence-electron chi connectivity index (χ0n) is 12.9. The molecule has 0 radical (unpaired) electrons. The zero-order valence-corrected chi connectivity index (χ0v) is 12.9. The highest BCUT2D eigenvalue weighted by Crippen LogP contribution is 2.18. The van der Waals surface area contributed by atoms with E-state index < -0.39 is 0 Å². The van der Waals surface area contributed by atoms with E-state index in [1.54, 1.807) is 0 Å². The second-order valence-corrected chi connectivity index (χ2v) is 5.88. The molecule has 1 fully saturated rings. The van der Waals surface area contributed by atoms with E-state index in [4.69, 9.17) is 0 Å². The van der Waals surface area contributed by atoms with Crippen molar-refractivity contribution in [1.29, 1.82) is 0 Å². The Balaban J connectivity index is 1.92. The fourth-order valence-electron chi connectivity index (χ4n) is 2.87. The van der Waals surface area contributed by atoms with Crippen molar-refractivity contribution in [3.63, 3.8) is 0 Å². The van der Waals surface area contributed by atoms with Crippen molar-refractivity contribution in [2.45, 2.75) is 52.1 Å². The third-order valence-corrected chi connectivity index (χ3v) is 4.04. The van der Waals surface area contributed by atoms with E-state index in [9.17, 15) is 4.79 Å². The molecule has 0 saturated carbocycles. The quantitative estimate of drug-likeness (QED) is 0.864. The molecular weight excluding hydrogens is 248 g/mol. The highest BCUT2D eigenvalue weighted by Gasteiger charge is 2.22. The molecule has 20 heavy (non-hydrogen) atoms. The lowest BCUT2D eigenvalue weighted by Gasteiger charge is -2.26. The van der Waals surface area contributed by atoms with Crippen molar-refractivity contribution >= 4 is 5.91 Å². The maximum Gasteiger partial charge on any atom is 0.222 e. The van der Waals surface area contributed by atoms with Gasteiger partial charge in [-0.05, 0) is 32.3 Å². The molecule has 3 heteroatoms. The lowest BCUT2D eigenvalue weighted by molar-refractivity contribution is -0.127. The first-order valence-electron chi connectivity index (χ1n) is 7.70. The largest absolute Gasteiger partial charge is 0.341 e. The number of nitrogens with zero attached hydrogens (tertiary/aromatic N) is 1. The van der Waals surface area contributed by atoms with Crippen molar-refractivity contribution in [2.75, 3.05) is 13.1 Å². The molecule has 0 aliphatic carbocycles. The molecule has 1 saturated heterocycles. The average Bonchev–Trinajstić information content (AvgIpc) is 2.83. The molecule has 1 heterocycles. The summed E-state index contributed by atoms with van der Waals surface area (Å²) >= 11 is 0. The van der Waals surface area contributed by atoms with Crippen LogP contribution in [0.4, 0.5) is 0 Å². The van der Waals surface area contributed by atoms with Crippen molar-refractivity contribution in [3.05, 3.63) is 35.4 Å². The summed E-state index contributed by atoms with van der Waals surface area (Å²) in [4.78, 5) is 13.7. The monoisotopic (exact) mass is 274 g/mol. The van der Waals surface area contributed by atoms with Gasteiger partial charge in [-0.15, -0.1) is 0 Å². The van der Waals surface area contributed by atoms with Crippen LogP contribution in [0.3, 0.4) is 0 Å². The van der Waals surface area contributed by atoms with Gasteiger partial charge in [-0.1, -0.05) is 36.8 Å². The highest BCUT2D eigenvalue weighted by molar-refractivity contribution is 5.78. The molecule has 0 spiro atoms. The number of hydrogen-bond acceptors (Lipinski definition) is 2. The van der Waals surface area contributed by atoms with E-state index in [0.717, 1.165) is 32.4 Å². The summed E-state index contributed by atoms with van der Waals surface area (Å²) in [6.07, 6.45) is 2.80. The summed E-state index contributed by atoms with van der Waals surface area (Å²) in [6, 6.07) is 9.41. The van der Waals surface area contributed by atoms with Crippen LogP contribution in [0.5, 0.6) is 0 Å². The maximum absolute atomic E-state index is 11.7. The van der Waals surface area contributed by atoms with Crippen LogP contribution in [0.25, 0.3) is 0 Å². The molecule has 1 aliphatic rings. The third kappa shape index (κ3) is 3.83. The van der Waals surface area contributed by atoms with E-state index in [1.165, 1.54) is 11.1 Å². The molecule has 1 aliphatic heterocycles. The van der Waals surface area contributed by atoms with Crippen LogP contribution >= 0.6 is 0 Å². The van der Waals surface area contributed by atoms with Gasteiger partial charge in [0.15, 0.2) is 0 Å². The highest BCUT2D eigenvalue weighted by atomic mass is 16.2. The van der Waals surface area contributed by atoms with E-state index in [2.05, 4.69) is 50.4 Å². The Bertz CT molecular complexity index is 441. The molecule has 3 nitrogen and oxygen atoms in total. The number of carbonyl (C=O) groups excluding carboxylic acids is 1. The van der Waals surface area contributed by atoms with Gasteiger partial charge in [0.05, 0.1) is 0 Å². The molecule has 1 amide bonds. The Morgan fingerprint density at radius 2 is 2.00 bits per heavy atom. The molecule has 2 atom stereocenters. The number of aryl methyl sites for hydroxylation is 1. The van der Waals surface area contributed by atoms with E-state index in [-0.39, 0.29) is 0 Å². The Kier molecular flexibility index (Phi) is 5.18. The number of amides is 1. The molecule has 2 rings (SSSR count). The van der Waals surface area contributed by atoms with Crippen LogP contribution in [-0.4, -0.2) is 29.9 Å². The summed E-state index contributed by atoms with van der Waals surface area (Å²) in [5.74, 6) is 0.307. The second-order valence-electron chi connectivity index (χ2n) is 5.88. The van der Waals surface area contributed by atoms with Gasteiger partial charge in [-0.3, -0.25) is 4.79 Å². The van der Waals surface area contributed by atoms with Crippen LogP contribution in [0, 0.1) is 6.92 Å². The molecule has 1 aromatic carbocycles. The van der Waals surface area contributed by atoms with Gasteiger partial charge in [-0.25, -0.2) is 0 Å². The predicted molar refractivity (Wildman–Crippen MR) is 82.6 cm³/mol. The van der Waals surface area contributed by atoms with Crippen LogP contribution < -0.4 is 5.32 Å². The number of carbonyl (C=O) groups is 1. The SMILES string of the molecule is CCC(NC(C)CN1CCCC1=O)c1ccc(C)cc1. The first-order valence-corrected chi connectivity index (χ1v) is 7.70. The van der Waals surface area contributed by atoms with Crippen molar-refractivity contribution < 1.29 is 4.79 Å². The van der Waals surface area contributed by atoms with Crippen LogP contribution in [0.1, 0.15) is 50.3 Å². The molecule has 1 N–H and O–H groups in total. The van der Waals surface area contributed by atoms with Crippen molar-refractivity contribution in [3.8, 4) is 0 Å². The first kappa shape index (κ1) is 15.0. The molecule has 110 valence electrons. The summed E-state index contributed by atoms with van der Waals surface area (Å²) in [5.41, 5.74) is 2.62. The molecule has 2 unspecified atom stereocenters. The smallest absolute Gasteiger partial charge is 0.222 e. The van der Waals surface area contributed by atoms with Gasteiger partial charge in [-0.2, -0.15) is 0 Å². The number of benzene rings is 1. The summed E-state index contributed by atoms with van der Waals surface area (Å²) in [5, 5.41) is 3.66. The van der Waals surface area contributed by atoms with Gasteiger partial charge in [0, 0.05) is 31.6 Å². The zero-order chi connectivity index (χ0) is 14.5. The lowest BCUT2D eigenvalue weighted by atomic mass is 10.0. The number of hydrogen-bond donors (Lipinski definition) is 1. The normalized spacial score (nSPS) is 18.4. The predicted octanol–water partition coefficient (Wildman–Crippen LogP) is 3.05. The minimum Gasteiger partial charge on any atom is -0.341 e. The minimum atomic E-state index is 0.307. The fourth-order valence-corrected chi connectivity index (χ4v) is 2.87. The maximum atomic E-state index is 11.7. The van der Waals surface area contributed by atoms with Gasteiger partial charge in [0.25, 0.3) is 0 Å². The Hall–Kier alpha value is -1.35. The van der Waals surface area contributed by atoms with Gasteiger partial charge in [0.2, 0.25) is 5.91 Å². The lowest BCUT2D eigenvalue weighted by Crippen LogP contribution is -2.41. The Labute approximate surface area is 122 Å². The first-order chi connectivity index (χ1) is 9.60. The third-order valence-electron chi connectivity index (χ3n) is 4.04. The summed E-state index contributed by atoms with van der Waals surface area (Å²) in [6.45, 7) is 8.22. The molecular formula is C17H26N2O. The van der Waals surface area contributed by atoms with Crippen LogP contribution in [0.2, 0.25) is 0 Å². The van der Waals surface area contributed by atoms with Crippen molar-refractivity contribution in [2.24, 2.45) is 0 Å². The number of rotatable bonds is 6. The van der Waals surface area contributed by atoms with Crippen LogP contribution in [-0.2, 0) is 4.79 Å².